The van der Waals surface area contributed by atoms with Gasteiger partial charge in [0, 0.05) is 45.1 Å². The van der Waals surface area contributed by atoms with E-state index in [0.717, 1.165) is 45.0 Å². The molecular formula is C11H18N4O. The summed E-state index contributed by atoms with van der Waals surface area (Å²) >= 11 is 0. The van der Waals surface area contributed by atoms with Crippen molar-refractivity contribution in [1.82, 2.24) is 19.8 Å². The lowest BCUT2D eigenvalue weighted by Gasteiger charge is -2.28. The van der Waals surface area contributed by atoms with Crippen LogP contribution in [0.4, 0.5) is 0 Å². The number of aromatic nitrogens is 2. The summed E-state index contributed by atoms with van der Waals surface area (Å²) in [6, 6.07) is 0.314. The molecule has 16 heavy (non-hydrogen) atoms. The highest BCUT2D eigenvalue weighted by Gasteiger charge is 2.27. The minimum atomic E-state index is -0.136. The Morgan fingerprint density at radius 3 is 3.25 bits per heavy atom. The van der Waals surface area contributed by atoms with Crippen LogP contribution < -0.4 is 5.32 Å². The largest absolute Gasteiger partial charge is 0.392 e. The lowest BCUT2D eigenvalue weighted by atomic mass is 10.2. The van der Waals surface area contributed by atoms with Gasteiger partial charge in [-0.3, -0.25) is 4.90 Å². The van der Waals surface area contributed by atoms with E-state index < -0.39 is 0 Å². The van der Waals surface area contributed by atoms with Gasteiger partial charge in [0.1, 0.15) is 5.82 Å². The van der Waals surface area contributed by atoms with Gasteiger partial charge in [-0.25, -0.2) is 4.98 Å². The lowest BCUT2D eigenvalue weighted by Crippen LogP contribution is -2.40. The summed E-state index contributed by atoms with van der Waals surface area (Å²) in [6.07, 6.45) is 4.68. The summed E-state index contributed by atoms with van der Waals surface area (Å²) < 4.78 is 2.22. The second-order valence-electron chi connectivity index (χ2n) is 4.69. The van der Waals surface area contributed by atoms with Crippen LogP contribution in [0, 0.1) is 0 Å². The first kappa shape index (κ1) is 10.3. The molecule has 2 unspecified atom stereocenters. The molecule has 2 N–H and O–H groups in total. The van der Waals surface area contributed by atoms with E-state index in [9.17, 15) is 5.11 Å². The summed E-state index contributed by atoms with van der Waals surface area (Å²) in [7, 11) is 0. The molecule has 0 bridgehead atoms. The summed E-state index contributed by atoms with van der Waals surface area (Å²) in [4.78, 5) is 6.72. The fraction of sp³-hybridized carbons (Fsp3) is 0.727. The molecule has 0 saturated carbocycles. The second-order valence-corrected chi connectivity index (χ2v) is 4.69. The van der Waals surface area contributed by atoms with Gasteiger partial charge in [-0.05, 0) is 6.42 Å². The van der Waals surface area contributed by atoms with Crippen molar-refractivity contribution in [3.8, 4) is 0 Å². The van der Waals surface area contributed by atoms with Crippen LogP contribution in [-0.2, 0) is 6.54 Å². The SMILES string of the molecule is OC1CCN(CC2NCCn3ccnc32)C1. The zero-order valence-corrected chi connectivity index (χ0v) is 9.34. The number of hydrogen-bond acceptors (Lipinski definition) is 4. The van der Waals surface area contributed by atoms with Gasteiger partial charge in [-0.1, -0.05) is 0 Å². The van der Waals surface area contributed by atoms with Crippen molar-refractivity contribution >= 4 is 0 Å². The van der Waals surface area contributed by atoms with E-state index in [0.29, 0.717) is 6.04 Å². The number of nitrogens with one attached hydrogen (secondary N) is 1. The number of nitrogens with zero attached hydrogens (tertiary/aromatic N) is 3. The molecule has 5 nitrogen and oxygen atoms in total. The Morgan fingerprint density at radius 1 is 1.50 bits per heavy atom. The average Bonchev–Trinajstić information content (AvgIpc) is 2.87. The van der Waals surface area contributed by atoms with Crippen molar-refractivity contribution in [3.63, 3.8) is 0 Å². The smallest absolute Gasteiger partial charge is 0.127 e. The van der Waals surface area contributed by atoms with Crippen LogP contribution >= 0.6 is 0 Å². The van der Waals surface area contributed by atoms with Crippen molar-refractivity contribution in [2.75, 3.05) is 26.2 Å². The monoisotopic (exact) mass is 222 g/mol. The molecule has 3 rings (SSSR count). The fourth-order valence-corrected chi connectivity index (χ4v) is 2.65. The Balaban J connectivity index is 1.68. The maximum absolute atomic E-state index is 9.50. The van der Waals surface area contributed by atoms with E-state index in [-0.39, 0.29) is 6.10 Å². The van der Waals surface area contributed by atoms with Gasteiger partial charge in [-0.2, -0.15) is 0 Å². The van der Waals surface area contributed by atoms with Crippen LogP contribution in [0.5, 0.6) is 0 Å². The van der Waals surface area contributed by atoms with Crippen molar-refractivity contribution in [1.29, 1.82) is 0 Å². The third kappa shape index (κ3) is 1.86. The van der Waals surface area contributed by atoms with Gasteiger partial charge in [0.15, 0.2) is 0 Å². The molecule has 2 aliphatic heterocycles. The molecule has 1 aromatic heterocycles. The third-order valence-electron chi connectivity index (χ3n) is 3.49. The molecule has 0 amide bonds. The zero-order valence-electron chi connectivity index (χ0n) is 9.34. The summed E-state index contributed by atoms with van der Waals surface area (Å²) in [5.41, 5.74) is 0. The Labute approximate surface area is 95.1 Å². The zero-order chi connectivity index (χ0) is 11.0. The lowest BCUT2D eigenvalue weighted by molar-refractivity contribution is 0.170. The van der Waals surface area contributed by atoms with E-state index in [1.54, 1.807) is 0 Å². The van der Waals surface area contributed by atoms with Gasteiger partial charge < -0.3 is 15.0 Å². The minimum Gasteiger partial charge on any atom is -0.392 e. The number of fused-ring (bicyclic) bond motifs is 1. The first-order valence-corrected chi connectivity index (χ1v) is 5.98. The second kappa shape index (κ2) is 4.16. The van der Waals surface area contributed by atoms with Crippen LogP contribution in [0.25, 0.3) is 0 Å². The number of hydrogen-bond donors (Lipinski definition) is 2. The number of aliphatic hydroxyl groups excluding tert-OH is 1. The summed E-state index contributed by atoms with van der Waals surface area (Å²) in [6.45, 7) is 4.77. The number of likely N-dealkylation sites (tertiary alicyclic amines) is 1. The van der Waals surface area contributed by atoms with E-state index in [2.05, 4.69) is 19.8 Å². The number of β-amino-alcohol motifs (C(OH)–C–C–N with tert-alkyl or cyclic N) is 1. The van der Waals surface area contributed by atoms with Crippen molar-refractivity contribution < 1.29 is 5.11 Å². The molecule has 0 spiro atoms. The standard InChI is InChI=1S/C11H18N4O/c16-9-1-4-14(7-9)8-10-11-13-3-6-15(11)5-2-12-10/h3,6,9-10,12,16H,1-2,4-5,7-8H2. The Hall–Kier alpha value is -0.910. The first-order valence-electron chi connectivity index (χ1n) is 5.98. The highest BCUT2D eigenvalue weighted by atomic mass is 16.3. The highest BCUT2D eigenvalue weighted by Crippen LogP contribution is 2.19. The van der Waals surface area contributed by atoms with E-state index in [1.807, 2.05) is 12.4 Å². The van der Waals surface area contributed by atoms with Crippen molar-refractivity contribution in [2.24, 2.45) is 0 Å². The molecule has 0 aliphatic carbocycles. The minimum absolute atomic E-state index is 0.136. The van der Waals surface area contributed by atoms with E-state index in [4.69, 9.17) is 0 Å². The average molecular weight is 222 g/mol. The number of imidazole rings is 1. The maximum Gasteiger partial charge on any atom is 0.127 e. The predicted octanol–water partition coefficient (Wildman–Crippen LogP) is -0.406. The van der Waals surface area contributed by atoms with Gasteiger partial charge in [0.05, 0.1) is 12.1 Å². The van der Waals surface area contributed by atoms with E-state index in [1.165, 1.54) is 0 Å². The molecule has 0 radical (unpaired) electrons. The van der Waals surface area contributed by atoms with Crippen LogP contribution in [0.15, 0.2) is 12.4 Å². The topological polar surface area (TPSA) is 53.3 Å². The van der Waals surface area contributed by atoms with Crippen molar-refractivity contribution in [3.05, 3.63) is 18.2 Å². The van der Waals surface area contributed by atoms with Crippen LogP contribution in [0.3, 0.4) is 0 Å². The van der Waals surface area contributed by atoms with Gasteiger partial charge >= 0.3 is 0 Å². The molecule has 1 saturated heterocycles. The number of aliphatic hydroxyl groups is 1. The summed E-state index contributed by atoms with van der Waals surface area (Å²) in [5.74, 6) is 1.13. The highest BCUT2D eigenvalue weighted by molar-refractivity contribution is 5.03. The third-order valence-corrected chi connectivity index (χ3v) is 3.49. The van der Waals surface area contributed by atoms with Gasteiger partial charge in [-0.15, -0.1) is 0 Å². The number of rotatable bonds is 2. The predicted molar refractivity (Wildman–Crippen MR) is 60.0 cm³/mol. The van der Waals surface area contributed by atoms with E-state index >= 15 is 0 Å². The Morgan fingerprint density at radius 2 is 2.44 bits per heavy atom. The first-order chi connectivity index (χ1) is 7.83. The van der Waals surface area contributed by atoms with Crippen LogP contribution in [0.2, 0.25) is 0 Å². The van der Waals surface area contributed by atoms with Crippen LogP contribution in [0.1, 0.15) is 18.3 Å². The van der Waals surface area contributed by atoms with Crippen LogP contribution in [-0.4, -0.2) is 51.8 Å². The van der Waals surface area contributed by atoms with Crippen molar-refractivity contribution in [2.45, 2.75) is 25.1 Å². The molecule has 88 valence electrons. The van der Waals surface area contributed by atoms with Gasteiger partial charge in [0.2, 0.25) is 0 Å². The normalized spacial score (nSPS) is 30.6. The molecule has 1 fully saturated rings. The molecule has 0 aromatic carbocycles. The molecule has 5 heteroatoms. The molecule has 2 aliphatic rings. The molecular weight excluding hydrogens is 204 g/mol. The quantitative estimate of drug-likeness (QED) is 0.714. The Bertz CT molecular complexity index is 365. The molecule has 2 atom stereocenters. The fourth-order valence-electron chi connectivity index (χ4n) is 2.65. The molecule has 3 heterocycles. The Kier molecular flexibility index (Phi) is 2.67. The summed E-state index contributed by atoms with van der Waals surface area (Å²) in [5, 5.41) is 13.0. The van der Waals surface area contributed by atoms with Gasteiger partial charge in [0.25, 0.3) is 0 Å². The molecule has 1 aromatic rings. The maximum atomic E-state index is 9.50.